The first-order chi connectivity index (χ1) is 8.95. The fraction of sp³-hybridized carbons (Fsp3) is 1.00. The van der Waals surface area contributed by atoms with Crippen molar-refractivity contribution < 1.29 is 13.2 Å². The molecule has 0 bridgehead atoms. The van der Waals surface area contributed by atoms with E-state index in [9.17, 15) is 8.42 Å². The molecule has 0 aliphatic carbocycles. The lowest BCUT2D eigenvalue weighted by atomic mass is 10.0. The second kappa shape index (κ2) is 6.26. The molecule has 2 atom stereocenters. The van der Waals surface area contributed by atoms with Crippen molar-refractivity contribution in [2.75, 3.05) is 32.1 Å². The fourth-order valence-electron chi connectivity index (χ4n) is 2.57. The predicted molar refractivity (Wildman–Crippen MR) is 75.5 cm³/mol. The molecule has 0 aromatic rings. The molecule has 2 aliphatic heterocycles. The number of halogens is 1. The third-order valence-electron chi connectivity index (χ3n) is 3.99. The van der Waals surface area contributed by atoms with Crippen LogP contribution in [-0.4, -0.2) is 61.3 Å². The molecule has 5 nitrogen and oxygen atoms in total. The predicted octanol–water partition coefficient (Wildman–Crippen LogP) is 1.29. The number of piperidine rings is 1. The van der Waals surface area contributed by atoms with Crippen molar-refractivity contribution >= 4 is 21.8 Å². The summed E-state index contributed by atoms with van der Waals surface area (Å²) in [5.41, 5.74) is 0. The van der Waals surface area contributed by atoms with Crippen LogP contribution in [0.4, 0.5) is 0 Å². The van der Waals surface area contributed by atoms with Crippen LogP contribution in [0.25, 0.3) is 0 Å². The summed E-state index contributed by atoms with van der Waals surface area (Å²) in [7, 11) is -3.37. The average molecular weight is 311 g/mol. The van der Waals surface area contributed by atoms with Gasteiger partial charge in [-0.3, -0.25) is 0 Å². The Hall–Kier alpha value is 0.120. The molecule has 19 heavy (non-hydrogen) atoms. The monoisotopic (exact) mass is 310 g/mol. The van der Waals surface area contributed by atoms with Crippen LogP contribution in [0.5, 0.6) is 0 Å². The first-order valence-corrected chi connectivity index (χ1v) is 8.82. The third-order valence-corrected chi connectivity index (χ3v) is 6.45. The van der Waals surface area contributed by atoms with Gasteiger partial charge in [-0.2, -0.15) is 17.0 Å². The van der Waals surface area contributed by atoms with Gasteiger partial charge in [0.2, 0.25) is 0 Å². The molecule has 2 unspecified atom stereocenters. The van der Waals surface area contributed by atoms with E-state index in [2.05, 4.69) is 6.92 Å². The Morgan fingerprint density at radius 3 is 2.47 bits per heavy atom. The summed E-state index contributed by atoms with van der Waals surface area (Å²) in [5, 5.41) is 0. The van der Waals surface area contributed by atoms with Crippen molar-refractivity contribution in [2.24, 2.45) is 5.92 Å². The zero-order chi connectivity index (χ0) is 14.0. The normalized spacial score (nSPS) is 32.6. The minimum absolute atomic E-state index is 0.121. The van der Waals surface area contributed by atoms with E-state index in [0.717, 1.165) is 12.8 Å². The van der Waals surface area contributed by atoms with Gasteiger partial charge in [0, 0.05) is 31.6 Å². The van der Waals surface area contributed by atoms with Gasteiger partial charge in [-0.15, -0.1) is 11.6 Å². The molecule has 0 saturated carbocycles. The lowest BCUT2D eigenvalue weighted by Gasteiger charge is -2.40. The number of hydrogen-bond donors (Lipinski definition) is 0. The largest absolute Gasteiger partial charge is 0.374 e. The molecule has 112 valence electrons. The molecule has 0 radical (unpaired) electrons. The molecule has 2 saturated heterocycles. The van der Waals surface area contributed by atoms with Crippen molar-refractivity contribution in [1.29, 1.82) is 0 Å². The molecule has 0 aromatic heterocycles. The summed E-state index contributed by atoms with van der Waals surface area (Å²) in [5.74, 6) is 0.944. The minimum Gasteiger partial charge on any atom is -0.374 e. The van der Waals surface area contributed by atoms with Crippen LogP contribution in [-0.2, 0) is 14.9 Å². The van der Waals surface area contributed by atoms with Gasteiger partial charge in [-0.25, -0.2) is 0 Å². The van der Waals surface area contributed by atoms with Crippen molar-refractivity contribution in [1.82, 2.24) is 8.61 Å². The van der Waals surface area contributed by atoms with Gasteiger partial charge in [0.15, 0.2) is 0 Å². The van der Waals surface area contributed by atoms with E-state index in [1.807, 2.05) is 6.92 Å². The highest BCUT2D eigenvalue weighted by Crippen LogP contribution is 2.24. The number of hydrogen-bond acceptors (Lipinski definition) is 3. The van der Waals surface area contributed by atoms with Crippen molar-refractivity contribution in [3.63, 3.8) is 0 Å². The highest BCUT2D eigenvalue weighted by molar-refractivity contribution is 7.86. The Kier molecular flexibility index (Phi) is 5.11. The summed E-state index contributed by atoms with van der Waals surface area (Å²) in [6.07, 6.45) is 1.68. The standard InChI is InChI=1S/C12H23ClN2O3S/c1-10-3-5-14(6-4-10)19(16,17)15-8-12(7-13)18-9-11(15)2/h10-12H,3-9H2,1-2H3. The molecule has 7 heteroatoms. The van der Waals surface area contributed by atoms with Crippen LogP contribution in [0.2, 0.25) is 0 Å². The zero-order valence-electron chi connectivity index (χ0n) is 11.6. The maximum absolute atomic E-state index is 12.7. The van der Waals surface area contributed by atoms with E-state index in [-0.39, 0.29) is 12.1 Å². The van der Waals surface area contributed by atoms with Crippen LogP contribution in [0, 0.1) is 5.92 Å². The second-order valence-electron chi connectivity index (χ2n) is 5.62. The Morgan fingerprint density at radius 1 is 1.26 bits per heavy atom. The van der Waals surface area contributed by atoms with Crippen molar-refractivity contribution in [3.8, 4) is 0 Å². The maximum Gasteiger partial charge on any atom is 0.282 e. The van der Waals surface area contributed by atoms with Gasteiger partial charge in [0.25, 0.3) is 10.2 Å². The summed E-state index contributed by atoms with van der Waals surface area (Å²) < 4.78 is 34.0. The molecule has 0 N–H and O–H groups in total. The van der Waals surface area contributed by atoms with Crippen LogP contribution in [0.3, 0.4) is 0 Å². The summed E-state index contributed by atoms with van der Waals surface area (Å²) >= 11 is 5.79. The summed E-state index contributed by atoms with van der Waals surface area (Å²) in [6, 6.07) is -0.121. The number of nitrogens with zero attached hydrogens (tertiary/aromatic N) is 2. The van der Waals surface area contributed by atoms with Crippen LogP contribution in [0.1, 0.15) is 26.7 Å². The van der Waals surface area contributed by atoms with E-state index in [1.54, 1.807) is 8.61 Å². The van der Waals surface area contributed by atoms with Gasteiger partial charge in [0.1, 0.15) is 0 Å². The van der Waals surface area contributed by atoms with Gasteiger partial charge < -0.3 is 4.74 Å². The molecule has 2 heterocycles. The van der Waals surface area contributed by atoms with Gasteiger partial charge in [-0.05, 0) is 25.7 Å². The molecule has 0 amide bonds. The minimum atomic E-state index is -3.37. The molecule has 0 aromatic carbocycles. The summed E-state index contributed by atoms with van der Waals surface area (Å²) in [4.78, 5) is 0. The van der Waals surface area contributed by atoms with Crippen LogP contribution >= 0.6 is 11.6 Å². The van der Waals surface area contributed by atoms with Gasteiger partial charge in [-0.1, -0.05) is 6.92 Å². The Bertz CT molecular complexity index is 396. The fourth-order valence-corrected chi connectivity index (χ4v) is 4.60. The Labute approximate surface area is 121 Å². The van der Waals surface area contributed by atoms with Crippen LogP contribution < -0.4 is 0 Å². The molecule has 0 spiro atoms. The number of alkyl halides is 1. The van der Waals surface area contributed by atoms with E-state index < -0.39 is 10.2 Å². The van der Waals surface area contributed by atoms with Gasteiger partial charge >= 0.3 is 0 Å². The van der Waals surface area contributed by atoms with Crippen molar-refractivity contribution in [2.45, 2.75) is 38.8 Å². The average Bonchev–Trinajstić information content (AvgIpc) is 2.39. The van der Waals surface area contributed by atoms with Crippen molar-refractivity contribution in [3.05, 3.63) is 0 Å². The molecule has 2 rings (SSSR count). The molecular weight excluding hydrogens is 288 g/mol. The SMILES string of the molecule is CC1CCN(S(=O)(=O)N2CC(CCl)OCC2C)CC1. The number of rotatable bonds is 3. The van der Waals surface area contributed by atoms with E-state index in [4.69, 9.17) is 16.3 Å². The Morgan fingerprint density at radius 2 is 1.89 bits per heavy atom. The first kappa shape index (κ1) is 15.5. The van der Waals surface area contributed by atoms with E-state index in [1.165, 1.54) is 0 Å². The highest BCUT2D eigenvalue weighted by atomic mass is 35.5. The quantitative estimate of drug-likeness (QED) is 0.738. The second-order valence-corrected chi connectivity index (χ2v) is 7.81. The lowest BCUT2D eigenvalue weighted by molar-refractivity contribution is -0.0175. The van der Waals surface area contributed by atoms with E-state index in [0.29, 0.717) is 38.0 Å². The highest BCUT2D eigenvalue weighted by Gasteiger charge is 2.38. The maximum atomic E-state index is 12.7. The molecular formula is C12H23ClN2O3S. The number of morpholine rings is 1. The Balaban J connectivity index is 2.09. The third kappa shape index (κ3) is 3.42. The molecule has 2 fully saturated rings. The zero-order valence-corrected chi connectivity index (χ0v) is 13.2. The molecule has 2 aliphatic rings. The summed E-state index contributed by atoms with van der Waals surface area (Å²) in [6.45, 7) is 6.08. The lowest BCUT2D eigenvalue weighted by Crippen LogP contribution is -2.56. The smallest absolute Gasteiger partial charge is 0.282 e. The first-order valence-electron chi connectivity index (χ1n) is 6.89. The van der Waals surface area contributed by atoms with Crippen LogP contribution in [0.15, 0.2) is 0 Å². The van der Waals surface area contributed by atoms with Gasteiger partial charge in [0.05, 0.1) is 12.7 Å². The number of ether oxygens (including phenoxy) is 1. The topological polar surface area (TPSA) is 49.9 Å². The van der Waals surface area contributed by atoms with E-state index >= 15 is 0 Å².